The monoisotopic (exact) mass is 447 g/mol. The van der Waals surface area contributed by atoms with E-state index in [1.165, 1.54) is 49.7 Å². The number of nitrogens with one attached hydrogen (secondary N) is 1. The van der Waals surface area contributed by atoms with Gasteiger partial charge in [0.25, 0.3) is 5.91 Å². The normalized spacial score (nSPS) is 11.4. The zero-order chi connectivity index (χ0) is 21.9. The Bertz CT molecular complexity index is 1160. The molecule has 3 rings (SSSR count). The summed E-state index contributed by atoms with van der Waals surface area (Å²) in [6, 6.07) is 11.1. The number of carbonyl (C=O) groups excluding carboxylic acids is 1. The summed E-state index contributed by atoms with van der Waals surface area (Å²) >= 11 is 1.28. The van der Waals surface area contributed by atoms with E-state index in [0.29, 0.717) is 27.9 Å². The predicted molar refractivity (Wildman–Crippen MR) is 116 cm³/mol. The average molecular weight is 448 g/mol. The number of thiazole rings is 1. The first-order chi connectivity index (χ1) is 14.3. The van der Waals surface area contributed by atoms with E-state index in [1.54, 1.807) is 26.4 Å². The summed E-state index contributed by atoms with van der Waals surface area (Å²) in [5, 5.41) is 4.96. The molecule has 0 saturated carbocycles. The largest absolute Gasteiger partial charge is 0.497 e. The lowest BCUT2D eigenvalue weighted by Crippen LogP contribution is -2.22. The van der Waals surface area contributed by atoms with Crippen molar-refractivity contribution in [3.05, 3.63) is 53.4 Å². The number of hydrogen-bond donors (Lipinski definition) is 1. The number of ether oxygens (including phenoxy) is 2. The van der Waals surface area contributed by atoms with E-state index in [9.17, 15) is 13.2 Å². The van der Waals surface area contributed by atoms with Crippen molar-refractivity contribution in [3.8, 4) is 22.8 Å². The third kappa shape index (κ3) is 4.45. The van der Waals surface area contributed by atoms with Crippen molar-refractivity contribution in [2.75, 3.05) is 33.6 Å². The number of aromatic nitrogens is 1. The highest BCUT2D eigenvalue weighted by atomic mass is 32.2. The molecule has 0 aliphatic heterocycles. The van der Waals surface area contributed by atoms with Crippen molar-refractivity contribution in [1.82, 2.24) is 9.29 Å². The average Bonchev–Trinajstić information content (AvgIpc) is 3.21. The molecule has 0 aliphatic carbocycles. The van der Waals surface area contributed by atoms with Crippen LogP contribution < -0.4 is 14.8 Å². The molecule has 0 spiro atoms. The molecule has 0 bridgehead atoms. The minimum absolute atomic E-state index is 0.118. The number of sulfonamides is 1. The Morgan fingerprint density at radius 2 is 1.77 bits per heavy atom. The van der Waals surface area contributed by atoms with E-state index in [2.05, 4.69) is 10.3 Å². The molecule has 0 fully saturated rings. The maximum absolute atomic E-state index is 12.5. The number of hydrogen-bond acceptors (Lipinski definition) is 7. The Labute approximate surface area is 179 Å². The zero-order valence-corrected chi connectivity index (χ0v) is 18.5. The van der Waals surface area contributed by atoms with Crippen LogP contribution in [0, 0.1) is 0 Å². The van der Waals surface area contributed by atoms with Gasteiger partial charge in [0.1, 0.15) is 11.5 Å². The van der Waals surface area contributed by atoms with Crippen LogP contribution in [0.15, 0.2) is 52.7 Å². The highest BCUT2D eigenvalue weighted by Gasteiger charge is 2.18. The van der Waals surface area contributed by atoms with Gasteiger partial charge in [0.2, 0.25) is 10.0 Å². The fraction of sp³-hybridized carbons (Fsp3) is 0.200. The van der Waals surface area contributed by atoms with Gasteiger partial charge < -0.3 is 9.47 Å². The maximum atomic E-state index is 12.5. The SMILES string of the molecule is COc1ccc(-c2csc(NC(=O)c3ccc(S(=O)(=O)N(C)C)cc3)n2)c(OC)c1. The molecular weight excluding hydrogens is 426 g/mol. The standard InChI is InChI=1S/C20H21N3O5S2/c1-23(2)30(25,26)15-8-5-13(6-9-15)19(24)22-20-21-17(12-29-20)16-10-7-14(27-3)11-18(16)28-4/h5-12H,1-4H3,(H,21,22,24). The topological polar surface area (TPSA) is 97.8 Å². The van der Waals surface area contributed by atoms with Crippen LogP contribution in [0.5, 0.6) is 11.5 Å². The molecule has 30 heavy (non-hydrogen) atoms. The molecule has 2 aromatic carbocycles. The summed E-state index contributed by atoms with van der Waals surface area (Å²) in [6.45, 7) is 0. The van der Waals surface area contributed by atoms with Gasteiger partial charge in [-0.1, -0.05) is 0 Å². The Morgan fingerprint density at radius 3 is 2.37 bits per heavy atom. The molecule has 0 aliphatic rings. The van der Waals surface area contributed by atoms with E-state index >= 15 is 0 Å². The molecule has 158 valence electrons. The van der Waals surface area contributed by atoms with E-state index in [0.717, 1.165) is 9.87 Å². The molecule has 10 heteroatoms. The van der Waals surface area contributed by atoms with Crippen LogP contribution in [0.25, 0.3) is 11.3 Å². The van der Waals surface area contributed by atoms with E-state index in [4.69, 9.17) is 9.47 Å². The quantitative estimate of drug-likeness (QED) is 0.597. The van der Waals surface area contributed by atoms with E-state index < -0.39 is 10.0 Å². The summed E-state index contributed by atoms with van der Waals surface area (Å²) in [6.07, 6.45) is 0. The van der Waals surface area contributed by atoms with E-state index in [-0.39, 0.29) is 10.8 Å². The number of rotatable bonds is 7. The van der Waals surface area contributed by atoms with Crippen molar-refractivity contribution < 1.29 is 22.7 Å². The van der Waals surface area contributed by atoms with Gasteiger partial charge in [0, 0.05) is 36.7 Å². The molecule has 0 saturated heterocycles. The van der Waals surface area contributed by atoms with Crippen LogP contribution in [-0.2, 0) is 10.0 Å². The van der Waals surface area contributed by atoms with Crippen LogP contribution in [-0.4, -0.2) is 51.9 Å². The molecule has 8 nitrogen and oxygen atoms in total. The van der Waals surface area contributed by atoms with E-state index in [1.807, 2.05) is 11.4 Å². The van der Waals surface area contributed by atoms with Gasteiger partial charge in [0.15, 0.2) is 5.13 Å². The lowest BCUT2D eigenvalue weighted by molar-refractivity contribution is 0.102. The number of carbonyl (C=O) groups is 1. The van der Waals surface area contributed by atoms with Crippen molar-refractivity contribution in [3.63, 3.8) is 0 Å². The zero-order valence-electron chi connectivity index (χ0n) is 16.9. The molecule has 3 aromatic rings. The molecule has 0 unspecified atom stereocenters. The van der Waals surface area contributed by atoms with Crippen LogP contribution in [0.4, 0.5) is 5.13 Å². The minimum atomic E-state index is -3.55. The Morgan fingerprint density at radius 1 is 1.07 bits per heavy atom. The van der Waals surface area contributed by atoms with Crippen LogP contribution in [0.1, 0.15) is 10.4 Å². The number of nitrogens with zero attached hydrogens (tertiary/aromatic N) is 2. The fourth-order valence-electron chi connectivity index (χ4n) is 2.62. The summed E-state index contributed by atoms with van der Waals surface area (Å²) in [5.74, 6) is 0.890. The lowest BCUT2D eigenvalue weighted by atomic mass is 10.1. The fourth-order valence-corrected chi connectivity index (χ4v) is 4.23. The van der Waals surface area contributed by atoms with Crippen molar-refractivity contribution in [1.29, 1.82) is 0 Å². The second-order valence-electron chi connectivity index (χ2n) is 6.37. The van der Waals surface area contributed by atoms with Crippen LogP contribution in [0.2, 0.25) is 0 Å². The maximum Gasteiger partial charge on any atom is 0.257 e. The first-order valence-electron chi connectivity index (χ1n) is 8.78. The molecular formula is C20H21N3O5S2. The molecule has 1 aromatic heterocycles. The van der Waals surface area contributed by atoms with Gasteiger partial charge in [-0.25, -0.2) is 17.7 Å². The Kier molecular flexibility index (Phi) is 6.40. The smallest absolute Gasteiger partial charge is 0.257 e. The second-order valence-corrected chi connectivity index (χ2v) is 9.38. The lowest BCUT2D eigenvalue weighted by Gasteiger charge is -2.11. The van der Waals surface area contributed by atoms with Crippen LogP contribution in [0.3, 0.4) is 0 Å². The van der Waals surface area contributed by atoms with Gasteiger partial charge in [-0.2, -0.15) is 0 Å². The summed E-state index contributed by atoms with van der Waals surface area (Å²) in [5.41, 5.74) is 1.75. The van der Waals surface area contributed by atoms with Crippen LogP contribution >= 0.6 is 11.3 Å². The number of anilines is 1. The van der Waals surface area contributed by atoms with Crippen molar-refractivity contribution in [2.45, 2.75) is 4.90 Å². The van der Waals surface area contributed by atoms with Crippen molar-refractivity contribution >= 4 is 32.4 Å². The Hall–Kier alpha value is -2.95. The molecule has 1 N–H and O–H groups in total. The van der Waals surface area contributed by atoms with Gasteiger partial charge in [-0.05, 0) is 36.4 Å². The molecule has 1 heterocycles. The number of benzene rings is 2. The summed E-state index contributed by atoms with van der Waals surface area (Å²) in [7, 11) is 2.50. The van der Waals surface area contributed by atoms with Gasteiger partial charge in [0.05, 0.1) is 24.8 Å². The highest BCUT2D eigenvalue weighted by molar-refractivity contribution is 7.89. The molecule has 0 radical (unpaired) electrons. The third-order valence-corrected chi connectivity index (χ3v) is 6.89. The number of amides is 1. The van der Waals surface area contributed by atoms with Gasteiger partial charge >= 0.3 is 0 Å². The summed E-state index contributed by atoms with van der Waals surface area (Å²) < 4.78 is 36.0. The Balaban J connectivity index is 1.77. The minimum Gasteiger partial charge on any atom is -0.497 e. The first-order valence-corrected chi connectivity index (χ1v) is 11.1. The first kappa shape index (κ1) is 21.8. The van der Waals surface area contributed by atoms with Crippen molar-refractivity contribution in [2.24, 2.45) is 0 Å². The predicted octanol–water partition coefficient (Wildman–Crippen LogP) is 3.33. The molecule has 1 amide bonds. The number of methoxy groups -OCH3 is 2. The summed E-state index contributed by atoms with van der Waals surface area (Å²) in [4.78, 5) is 17.1. The molecule has 0 atom stereocenters. The third-order valence-electron chi connectivity index (χ3n) is 4.30. The highest BCUT2D eigenvalue weighted by Crippen LogP contribution is 2.34. The van der Waals surface area contributed by atoms with Gasteiger partial charge in [-0.3, -0.25) is 10.1 Å². The second kappa shape index (κ2) is 8.82. The van der Waals surface area contributed by atoms with Gasteiger partial charge in [-0.15, -0.1) is 11.3 Å².